The highest BCUT2D eigenvalue weighted by Crippen LogP contribution is 2.27. The van der Waals surface area contributed by atoms with Crippen LogP contribution in [0.15, 0.2) is 121 Å². The van der Waals surface area contributed by atoms with Gasteiger partial charge >= 0.3 is 0 Å². The van der Waals surface area contributed by atoms with Crippen LogP contribution in [0.5, 0.6) is 0 Å². The largest absolute Gasteiger partial charge is 0.384 e. The van der Waals surface area contributed by atoms with Crippen LogP contribution in [0.4, 0.5) is 5.82 Å². The molecule has 6 rings (SSSR count). The topological polar surface area (TPSA) is 78.9 Å². The van der Waals surface area contributed by atoms with Crippen LogP contribution in [0.3, 0.4) is 0 Å². The van der Waals surface area contributed by atoms with Gasteiger partial charge in [0.25, 0.3) is 0 Å². The van der Waals surface area contributed by atoms with Crippen molar-refractivity contribution in [3.63, 3.8) is 0 Å². The average molecular weight is 655 g/mol. The van der Waals surface area contributed by atoms with Gasteiger partial charge in [-0.1, -0.05) is 72.9 Å². The fourth-order valence-corrected chi connectivity index (χ4v) is 5.33. The molecule has 3 aromatic carbocycles. The van der Waals surface area contributed by atoms with Gasteiger partial charge in [0.1, 0.15) is 10.5 Å². The van der Waals surface area contributed by atoms with E-state index in [1.165, 1.54) is 0 Å². The van der Waals surface area contributed by atoms with E-state index in [4.69, 9.17) is 40.1 Å². The molecule has 0 aliphatic carbocycles. The van der Waals surface area contributed by atoms with Gasteiger partial charge in [0.05, 0.1) is 17.6 Å². The summed E-state index contributed by atoms with van der Waals surface area (Å²) in [5, 5.41) is 0.607. The number of para-hydroxylation sites is 3. The Morgan fingerprint density at radius 2 is 1.19 bits per heavy atom. The van der Waals surface area contributed by atoms with Crippen molar-refractivity contribution in [2.24, 2.45) is 4.99 Å². The van der Waals surface area contributed by atoms with Gasteiger partial charge in [-0.2, -0.15) is 4.98 Å². The lowest BCUT2D eigenvalue weighted by atomic mass is 10.2. The Labute approximate surface area is 271 Å². The lowest BCUT2D eigenvalue weighted by Crippen LogP contribution is -2.28. The molecule has 6 aromatic rings. The number of rotatable bonds is 5. The molecular formula is C30H26Cl3N7S2. The van der Waals surface area contributed by atoms with E-state index in [0.29, 0.717) is 38.4 Å². The molecule has 12 heteroatoms. The van der Waals surface area contributed by atoms with Crippen molar-refractivity contribution in [1.82, 2.24) is 23.7 Å². The standard InChI is InChI=1S/C30H23N7S2.3ClH/c31-26-25-27(34-29(33-20-21-11-10-18-32-19-21)35(26)22-12-4-1-5-13-22)36(23-14-6-2-7-15-23)30(39)37(28(25)38)24-16-8-3-9-17-24;;;/h1-19H,20,31H2;3*1H. The number of benzene rings is 3. The fraction of sp³-hybridized carbons (Fsp3) is 0.0333. The summed E-state index contributed by atoms with van der Waals surface area (Å²) < 4.78 is 6.55. The third-order valence-corrected chi connectivity index (χ3v) is 7.06. The summed E-state index contributed by atoms with van der Waals surface area (Å²) in [7, 11) is 0. The molecule has 0 aliphatic rings. The average Bonchev–Trinajstić information content (AvgIpc) is 2.98. The predicted octanol–water partition coefficient (Wildman–Crippen LogP) is 7.41. The number of hydrogen-bond acceptors (Lipinski definition) is 6. The summed E-state index contributed by atoms with van der Waals surface area (Å²) in [6.45, 7) is 0.377. The number of hydrogen-bond donors (Lipinski definition) is 1. The first-order valence-corrected chi connectivity index (χ1v) is 13.1. The van der Waals surface area contributed by atoms with Gasteiger partial charge < -0.3 is 5.73 Å². The minimum absolute atomic E-state index is 0. The summed E-state index contributed by atoms with van der Waals surface area (Å²) >= 11 is 12.1. The number of anilines is 1. The van der Waals surface area contributed by atoms with Crippen molar-refractivity contribution < 1.29 is 0 Å². The van der Waals surface area contributed by atoms with Gasteiger partial charge in [0.15, 0.2) is 10.4 Å². The fourth-order valence-electron chi connectivity index (χ4n) is 4.50. The Morgan fingerprint density at radius 3 is 1.71 bits per heavy atom. The van der Waals surface area contributed by atoms with Crippen LogP contribution in [0.2, 0.25) is 0 Å². The van der Waals surface area contributed by atoms with Crippen molar-refractivity contribution >= 4 is 78.5 Å². The molecule has 0 radical (unpaired) electrons. The molecule has 7 nitrogen and oxygen atoms in total. The molecule has 0 fully saturated rings. The maximum atomic E-state index is 6.99. The minimum atomic E-state index is 0. The van der Waals surface area contributed by atoms with Crippen LogP contribution >= 0.6 is 61.7 Å². The molecule has 214 valence electrons. The van der Waals surface area contributed by atoms with Gasteiger partial charge in [0, 0.05) is 23.8 Å². The number of aromatic nitrogens is 5. The summed E-state index contributed by atoms with van der Waals surface area (Å²) in [6, 6.07) is 33.3. The molecule has 0 bridgehead atoms. The number of fused-ring (bicyclic) bond motifs is 1. The van der Waals surface area contributed by atoms with Crippen LogP contribution in [0.1, 0.15) is 5.56 Å². The van der Waals surface area contributed by atoms with Crippen molar-refractivity contribution in [3.8, 4) is 17.1 Å². The first-order chi connectivity index (χ1) is 19.1. The lowest BCUT2D eigenvalue weighted by molar-refractivity contribution is 0.814. The number of halogens is 3. The van der Waals surface area contributed by atoms with Crippen molar-refractivity contribution in [2.75, 3.05) is 5.73 Å². The Kier molecular flexibility index (Phi) is 11.2. The molecule has 42 heavy (non-hydrogen) atoms. The summed E-state index contributed by atoms with van der Waals surface area (Å²) in [5.41, 5.74) is 11.4. The van der Waals surface area contributed by atoms with Gasteiger partial charge in [-0.15, -0.1) is 37.2 Å². The molecule has 0 atom stereocenters. The highest BCUT2D eigenvalue weighted by molar-refractivity contribution is 7.72. The van der Waals surface area contributed by atoms with Crippen LogP contribution in [0, 0.1) is 9.41 Å². The predicted molar refractivity (Wildman–Crippen MR) is 181 cm³/mol. The number of nitrogens with two attached hydrogens (primary N) is 1. The van der Waals surface area contributed by atoms with Crippen LogP contribution in [-0.2, 0) is 6.54 Å². The molecule has 3 heterocycles. The molecule has 3 aromatic heterocycles. The minimum Gasteiger partial charge on any atom is -0.384 e. The normalized spacial score (nSPS) is 10.8. The van der Waals surface area contributed by atoms with E-state index in [0.717, 1.165) is 22.6 Å². The highest BCUT2D eigenvalue weighted by atomic mass is 35.5. The van der Waals surface area contributed by atoms with E-state index in [9.17, 15) is 0 Å². The van der Waals surface area contributed by atoms with Gasteiger partial charge in [-0.3, -0.25) is 18.7 Å². The van der Waals surface area contributed by atoms with E-state index in [-0.39, 0.29) is 37.2 Å². The first-order valence-electron chi connectivity index (χ1n) is 12.3. The first kappa shape index (κ1) is 32.7. The Hall–Kier alpha value is -3.86. The van der Waals surface area contributed by atoms with Crippen LogP contribution in [0.25, 0.3) is 28.1 Å². The van der Waals surface area contributed by atoms with E-state index >= 15 is 0 Å². The number of nitrogen functional groups attached to an aromatic ring is 1. The molecule has 0 spiro atoms. The Bertz CT molecular complexity index is 1980. The lowest BCUT2D eigenvalue weighted by Gasteiger charge is -2.20. The SMILES string of the molecule is Cl.Cl.Cl.Nc1c2c(=S)n(-c3ccccc3)c(=S)n(-c3ccccc3)c2nc(=NCc2cccnc2)n1-c1ccccc1. The second-order valence-electron chi connectivity index (χ2n) is 8.77. The van der Waals surface area contributed by atoms with Gasteiger partial charge in [-0.25, -0.2) is 4.99 Å². The van der Waals surface area contributed by atoms with Crippen molar-refractivity contribution in [3.05, 3.63) is 136 Å². The molecule has 0 unspecified atom stereocenters. The van der Waals surface area contributed by atoms with E-state index in [1.807, 2.05) is 117 Å². The van der Waals surface area contributed by atoms with Crippen molar-refractivity contribution in [1.29, 1.82) is 0 Å². The van der Waals surface area contributed by atoms with Crippen LogP contribution < -0.4 is 11.4 Å². The quantitative estimate of drug-likeness (QED) is 0.196. The van der Waals surface area contributed by atoms with E-state index in [2.05, 4.69) is 4.98 Å². The maximum absolute atomic E-state index is 6.99. The monoisotopic (exact) mass is 653 g/mol. The molecule has 0 saturated heterocycles. The third-order valence-electron chi connectivity index (χ3n) is 6.31. The van der Waals surface area contributed by atoms with Crippen molar-refractivity contribution in [2.45, 2.75) is 6.54 Å². The van der Waals surface area contributed by atoms with E-state index < -0.39 is 0 Å². The zero-order valence-electron chi connectivity index (χ0n) is 22.0. The second kappa shape index (κ2) is 14.4. The van der Waals surface area contributed by atoms with Gasteiger partial charge in [0.2, 0.25) is 5.62 Å². The highest BCUT2D eigenvalue weighted by Gasteiger charge is 2.19. The zero-order chi connectivity index (χ0) is 26.8. The summed E-state index contributed by atoms with van der Waals surface area (Å²) in [6.07, 6.45) is 3.53. The Balaban J connectivity index is 0.00000161. The maximum Gasteiger partial charge on any atom is 0.233 e. The van der Waals surface area contributed by atoms with Gasteiger partial charge in [-0.05, 0) is 60.2 Å². The molecule has 2 N–H and O–H groups in total. The van der Waals surface area contributed by atoms with Crippen LogP contribution in [-0.4, -0.2) is 23.7 Å². The summed E-state index contributed by atoms with van der Waals surface area (Å²) in [4.78, 5) is 14.2. The van der Waals surface area contributed by atoms with E-state index in [1.54, 1.807) is 12.4 Å². The summed E-state index contributed by atoms with van der Waals surface area (Å²) in [5.74, 6) is 0.422. The molecule has 0 amide bonds. The molecule has 0 aliphatic heterocycles. The zero-order valence-corrected chi connectivity index (χ0v) is 26.1. The second-order valence-corrected chi connectivity index (χ2v) is 9.53. The molecular weight excluding hydrogens is 629 g/mol. The molecule has 0 saturated carbocycles. The number of nitrogens with zero attached hydrogens (tertiary/aromatic N) is 6. The third kappa shape index (κ3) is 6.16. The Morgan fingerprint density at radius 1 is 0.667 bits per heavy atom. The smallest absolute Gasteiger partial charge is 0.233 e. The number of pyridine rings is 1.